The van der Waals surface area contributed by atoms with Crippen LogP contribution in [0.25, 0.3) is 16.6 Å². The number of thiazole rings is 1. The fourth-order valence-electron chi connectivity index (χ4n) is 3.88. The zero-order valence-corrected chi connectivity index (χ0v) is 25.4. The molecule has 3 aromatic carbocycles. The van der Waals surface area contributed by atoms with E-state index in [1.54, 1.807) is 85.2 Å². The van der Waals surface area contributed by atoms with Crippen molar-refractivity contribution in [3.05, 3.63) is 119 Å². The van der Waals surface area contributed by atoms with E-state index in [4.69, 9.17) is 4.74 Å². The Morgan fingerprint density at radius 2 is 1.74 bits per heavy atom. The third-order valence-corrected chi connectivity index (χ3v) is 8.56. The lowest BCUT2D eigenvalue weighted by Crippen LogP contribution is -2.30. The van der Waals surface area contributed by atoms with Gasteiger partial charge in [0.15, 0.2) is 5.13 Å². The summed E-state index contributed by atoms with van der Waals surface area (Å²) in [6.45, 7) is 0. The lowest BCUT2D eigenvalue weighted by atomic mass is 10.1. The number of carbonyl (C=O) groups excluding carboxylic acids is 3. The summed E-state index contributed by atoms with van der Waals surface area (Å²) in [5.41, 5.74) is 2.51. The van der Waals surface area contributed by atoms with Gasteiger partial charge in [-0.3, -0.25) is 14.4 Å². The number of carbonyl (C=O) groups is 3. The number of ether oxygens (including phenoxy) is 1. The molecular formula is C32H26N4O4S3. The minimum absolute atomic E-state index is 0.0601. The van der Waals surface area contributed by atoms with Crippen LogP contribution in [0.5, 0.6) is 5.75 Å². The molecule has 0 aliphatic heterocycles. The highest BCUT2D eigenvalue weighted by atomic mass is 32.2. The van der Waals surface area contributed by atoms with Gasteiger partial charge in [0.25, 0.3) is 11.8 Å². The molecule has 0 atom stereocenters. The maximum Gasteiger partial charge on any atom is 0.272 e. The van der Waals surface area contributed by atoms with Gasteiger partial charge in [-0.15, -0.1) is 34.4 Å². The number of hydrogen-bond donors (Lipinski definition) is 3. The molecule has 2 heterocycles. The largest absolute Gasteiger partial charge is 0.497 e. The highest BCUT2D eigenvalue weighted by Crippen LogP contribution is 2.29. The van der Waals surface area contributed by atoms with Crippen molar-refractivity contribution < 1.29 is 19.1 Å². The van der Waals surface area contributed by atoms with Gasteiger partial charge >= 0.3 is 0 Å². The first-order valence-corrected chi connectivity index (χ1v) is 15.8. The molecule has 5 aromatic rings. The molecule has 43 heavy (non-hydrogen) atoms. The molecule has 0 aliphatic rings. The van der Waals surface area contributed by atoms with Crippen molar-refractivity contribution in [2.75, 3.05) is 23.5 Å². The van der Waals surface area contributed by atoms with Crippen LogP contribution in [0.15, 0.2) is 112 Å². The number of rotatable bonds is 11. The Morgan fingerprint density at radius 1 is 0.907 bits per heavy atom. The number of nitrogens with one attached hydrogen (secondary N) is 3. The number of thiophene rings is 1. The third-order valence-electron chi connectivity index (χ3n) is 5.92. The van der Waals surface area contributed by atoms with Crippen LogP contribution < -0.4 is 20.7 Å². The molecule has 0 unspecified atom stereocenters. The molecule has 0 aliphatic carbocycles. The summed E-state index contributed by atoms with van der Waals surface area (Å²) in [4.78, 5) is 45.2. The average Bonchev–Trinajstić information content (AvgIpc) is 3.73. The Morgan fingerprint density at radius 3 is 2.53 bits per heavy atom. The molecule has 8 nitrogen and oxygen atoms in total. The van der Waals surface area contributed by atoms with Gasteiger partial charge in [-0.2, -0.15) is 0 Å². The highest BCUT2D eigenvalue weighted by molar-refractivity contribution is 8.00. The topological polar surface area (TPSA) is 109 Å². The second kappa shape index (κ2) is 14.5. The number of thioether (sulfide) groups is 1. The van der Waals surface area contributed by atoms with Crippen molar-refractivity contribution in [2.45, 2.75) is 4.90 Å². The normalized spacial score (nSPS) is 11.0. The van der Waals surface area contributed by atoms with Gasteiger partial charge in [0.1, 0.15) is 11.4 Å². The average molecular weight is 627 g/mol. The van der Waals surface area contributed by atoms with Crippen molar-refractivity contribution in [1.82, 2.24) is 10.3 Å². The van der Waals surface area contributed by atoms with E-state index in [0.717, 1.165) is 15.5 Å². The molecule has 0 spiro atoms. The first-order chi connectivity index (χ1) is 21.0. The third kappa shape index (κ3) is 8.41. The number of nitrogens with zero attached hydrogens (tertiary/aromatic N) is 1. The van der Waals surface area contributed by atoms with Crippen molar-refractivity contribution in [3.63, 3.8) is 0 Å². The lowest BCUT2D eigenvalue weighted by Gasteiger charge is -2.12. The Hall–Kier alpha value is -4.71. The van der Waals surface area contributed by atoms with Crippen LogP contribution in [0.1, 0.15) is 15.9 Å². The van der Waals surface area contributed by atoms with Crippen LogP contribution in [-0.2, 0) is 9.59 Å². The summed E-state index contributed by atoms with van der Waals surface area (Å²) in [5.74, 6) is -0.312. The fourth-order valence-corrected chi connectivity index (χ4v) is 6.12. The fraction of sp³-hybridized carbons (Fsp3) is 0.0625. The summed E-state index contributed by atoms with van der Waals surface area (Å²) in [5, 5.41) is 12.9. The van der Waals surface area contributed by atoms with Gasteiger partial charge in [-0.25, -0.2) is 4.98 Å². The van der Waals surface area contributed by atoms with Crippen LogP contribution in [0.3, 0.4) is 0 Å². The van der Waals surface area contributed by atoms with Crippen molar-refractivity contribution >= 4 is 69.1 Å². The zero-order valence-electron chi connectivity index (χ0n) is 22.9. The number of hydrogen-bond acceptors (Lipinski definition) is 8. The summed E-state index contributed by atoms with van der Waals surface area (Å²) in [6.07, 6.45) is 1.59. The van der Waals surface area contributed by atoms with Gasteiger partial charge in [-0.1, -0.05) is 42.5 Å². The standard InChI is InChI=1S/C32H26N4O4S3/c1-40-24-12-5-8-21(16-24)17-26(34-30(38)22-9-3-2-4-10-22)31(39)33-23-11-6-13-25(18-23)42-20-29(37)36-32-35-27(19-43-32)28-14-7-15-41-28/h2-19H,20H2,1H3,(H,33,39)(H,34,38)(H,35,36,37)/b26-17-. The SMILES string of the molecule is COc1cccc(/C=C(\NC(=O)c2ccccc2)C(=O)Nc2cccc(SCC(=O)Nc3nc(-c4cccs4)cs3)c2)c1. The molecular weight excluding hydrogens is 601 g/mol. The number of anilines is 2. The summed E-state index contributed by atoms with van der Waals surface area (Å²) < 4.78 is 5.29. The number of benzene rings is 3. The second-order valence-corrected chi connectivity index (χ2v) is 11.8. The quantitative estimate of drug-likeness (QED) is 0.107. The molecule has 11 heteroatoms. The molecule has 0 saturated heterocycles. The molecule has 0 saturated carbocycles. The molecule has 3 N–H and O–H groups in total. The highest BCUT2D eigenvalue weighted by Gasteiger charge is 2.16. The lowest BCUT2D eigenvalue weighted by molar-refractivity contribution is -0.114. The van der Waals surface area contributed by atoms with Gasteiger partial charge < -0.3 is 20.7 Å². The van der Waals surface area contributed by atoms with Gasteiger partial charge in [-0.05, 0) is 65.6 Å². The predicted octanol–water partition coefficient (Wildman–Crippen LogP) is 7.02. The Balaban J connectivity index is 1.24. The van der Waals surface area contributed by atoms with E-state index in [1.807, 2.05) is 41.1 Å². The molecule has 5 rings (SSSR count). The minimum atomic E-state index is -0.502. The van der Waals surface area contributed by atoms with Crippen LogP contribution in [0, 0.1) is 0 Å². The smallest absolute Gasteiger partial charge is 0.272 e. The van der Waals surface area contributed by atoms with Crippen LogP contribution in [0.2, 0.25) is 0 Å². The Kier molecular flexibility index (Phi) is 10.0. The first kappa shape index (κ1) is 29.8. The van der Waals surface area contributed by atoms with Crippen LogP contribution in [-0.4, -0.2) is 35.6 Å². The summed E-state index contributed by atoms with van der Waals surface area (Å²) >= 11 is 4.31. The Labute approximate surface area is 260 Å². The van der Waals surface area contributed by atoms with Gasteiger partial charge in [0.2, 0.25) is 5.91 Å². The van der Waals surface area contributed by atoms with Gasteiger partial charge in [0.05, 0.1) is 23.4 Å². The molecule has 216 valence electrons. The van der Waals surface area contributed by atoms with E-state index in [1.165, 1.54) is 23.1 Å². The van der Waals surface area contributed by atoms with Crippen LogP contribution in [0.4, 0.5) is 10.8 Å². The summed E-state index contributed by atoms with van der Waals surface area (Å²) in [7, 11) is 1.56. The molecule has 2 aromatic heterocycles. The maximum absolute atomic E-state index is 13.4. The second-order valence-electron chi connectivity index (χ2n) is 8.99. The Bertz CT molecular complexity index is 1750. The maximum atomic E-state index is 13.4. The molecule has 0 bridgehead atoms. The van der Waals surface area contributed by atoms with E-state index in [0.29, 0.717) is 27.7 Å². The van der Waals surface area contributed by atoms with E-state index in [9.17, 15) is 14.4 Å². The van der Waals surface area contributed by atoms with Gasteiger partial charge in [0, 0.05) is 21.5 Å². The first-order valence-electron chi connectivity index (χ1n) is 13.0. The van der Waals surface area contributed by atoms with E-state index in [-0.39, 0.29) is 17.4 Å². The van der Waals surface area contributed by atoms with Crippen LogP contribution >= 0.6 is 34.4 Å². The molecule has 3 amide bonds. The van der Waals surface area contributed by atoms with Crippen molar-refractivity contribution in [3.8, 4) is 16.3 Å². The minimum Gasteiger partial charge on any atom is -0.497 e. The van der Waals surface area contributed by atoms with E-state index >= 15 is 0 Å². The predicted molar refractivity (Wildman–Crippen MR) is 175 cm³/mol. The summed E-state index contributed by atoms with van der Waals surface area (Å²) in [6, 6.07) is 26.9. The molecule has 0 radical (unpaired) electrons. The number of amides is 3. The number of methoxy groups -OCH3 is 1. The zero-order chi connectivity index (χ0) is 30.0. The van der Waals surface area contributed by atoms with Crippen molar-refractivity contribution in [2.24, 2.45) is 0 Å². The number of aromatic nitrogens is 1. The van der Waals surface area contributed by atoms with Crippen molar-refractivity contribution in [1.29, 1.82) is 0 Å². The monoisotopic (exact) mass is 626 g/mol. The van der Waals surface area contributed by atoms with E-state index in [2.05, 4.69) is 20.9 Å². The van der Waals surface area contributed by atoms with E-state index < -0.39 is 11.8 Å². The molecule has 0 fully saturated rings.